The molecule has 0 spiro atoms. The normalized spacial score (nSPS) is 19.6. The van der Waals surface area contributed by atoms with Crippen molar-refractivity contribution in [2.24, 2.45) is 5.10 Å². The Morgan fingerprint density at radius 3 is 2.81 bits per heavy atom. The maximum atomic E-state index is 13.1. The predicted octanol–water partition coefficient (Wildman–Crippen LogP) is 3.42. The molecule has 3 rings (SSSR count). The van der Waals surface area contributed by atoms with Crippen LogP contribution in [0.4, 0.5) is 13.2 Å². The van der Waals surface area contributed by atoms with Crippen LogP contribution in [0.3, 0.4) is 0 Å². The Bertz CT molecular complexity index is 905. The number of alkyl halides is 3. The number of rotatable bonds is 4. The highest BCUT2D eigenvalue weighted by molar-refractivity contribution is 9.10. The number of nitrogens with zero attached hydrogens (tertiary/aromatic N) is 4. The third-order valence-electron chi connectivity index (χ3n) is 3.68. The minimum Gasteiger partial charge on any atom is -0.470 e. The van der Waals surface area contributed by atoms with E-state index in [4.69, 9.17) is 16.3 Å². The highest BCUT2D eigenvalue weighted by Gasteiger charge is 2.61. The number of aliphatic hydroxyl groups is 1. The Morgan fingerprint density at radius 2 is 2.15 bits per heavy atom. The summed E-state index contributed by atoms with van der Waals surface area (Å²) in [7, 11) is 0. The standard InChI is InChI=1S/C15H11BrClF3N4O3/c16-9-1-2-12(10(17)7-9)27-8-23-6-3-11(22-23)13(25)24-14(26,4-5-21-24)15(18,19)20/h1-3,5-7,26H,4,8H2/t14-/m0/s1. The first kappa shape index (κ1) is 19.6. The van der Waals surface area contributed by atoms with Crippen LogP contribution in [0.15, 0.2) is 40.0 Å². The molecule has 0 fully saturated rings. The van der Waals surface area contributed by atoms with Crippen molar-refractivity contribution in [3.63, 3.8) is 0 Å². The van der Waals surface area contributed by atoms with E-state index >= 15 is 0 Å². The van der Waals surface area contributed by atoms with E-state index in [9.17, 15) is 23.1 Å². The van der Waals surface area contributed by atoms with Gasteiger partial charge < -0.3 is 9.84 Å². The van der Waals surface area contributed by atoms with Crippen LogP contribution in [-0.4, -0.2) is 43.9 Å². The Morgan fingerprint density at radius 1 is 1.41 bits per heavy atom. The molecule has 1 aliphatic heterocycles. The van der Waals surface area contributed by atoms with Crippen LogP contribution in [-0.2, 0) is 6.73 Å². The Labute approximate surface area is 164 Å². The monoisotopic (exact) mass is 466 g/mol. The van der Waals surface area contributed by atoms with Crippen molar-refractivity contribution >= 4 is 39.7 Å². The molecule has 1 amide bonds. The van der Waals surface area contributed by atoms with Crippen LogP contribution in [0.2, 0.25) is 5.02 Å². The number of benzene rings is 1. The fourth-order valence-corrected chi connectivity index (χ4v) is 3.00. The van der Waals surface area contributed by atoms with Gasteiger partial charge in [0.2, 0.25) is 0 Å². The molecule has 1 aromatic heterocycles. The Balaban J connectivity index is 1.72. The molecule has 144 valence electrons. The lowest BCUT2D eigenvalue weighted by molar-refractivity contribution is -0.297. The smallest absolute Gasteiger partial charge is 0.438 e. The molecule has 2 aromatic rings. The first-order valence-corrected chi connectivity index (χ1v) is 8.56. The minimum absolute atomic E-state index is 0.0217. The largest absolute Gasteiger partial charge is 0.470 e. The van der Waals surface area contributed by atoms with Crippen LogP contribution >= 0.6 is 27.5 Å². The molecule has 0 radical (unpaired) electrons. The van der Waals surface area contributed by atoms with E-state index in [1.807, 2.05) is 0 Å². The summed E-state index contributed by atoms with van der Waals surface area (Å²) in [5.74, 6) is -0.831. The second-order valence-electron chi connectivity index (χ2n) is 5.52. The first-order chi connectivity index (χ1) is 12.6. The maximum absolute atomic E-state index is 13.1. The van der Waals surface area contributed by atoms with E-state index in [2.05, 4.69) is 26.1 Å². The van der Waals surface area contributed by atoms with Crippen molar-refractivity contribution < 1.29 is 27.8 Å². The molecule has 0 saturated heterocycles. The summed E-state index contributed by atoms with van der Waals surface area (Å²) in [5.41, 5.74) is -3.72. The van der Waals surface area contributed by atoms with Crippen molar-refractivity contribution in [2.45, 2.75) is 25.1 Å². The number of amides is 1. The van der Waals surface area contributed by atoms with Crippen molar-refractivity contribution in [2.75, 3.05) is 0 Å². The minimum atomic E-state index is -5.07. The van der Waals surface area contributed by atoms with Crippen LogP contribution in [0.25, 0.3) is 0 Å². The zero-order valence-corrected chi connectivity index (χ0v) is 15.7. The van der Waals surface area contributed by atoms with Crippen LogP contribution in [0, 0.1) is 0 Å². The Kier molecular flexibility index (Phi) is 5.19. The molecule has 2 heterocycles. The van der Waals surface area contributed by atoms with Gasteiger partial charge in [-0.1, -0.05) is 27.5 Å². The summed E-state index contributed by atoms with van der Waals surface area (Å²) in [6.07, 6.45) is -3.76. The quantitative estimate of drug-likeness (QED) is 0.747. The van der Waals surface area contributed by atoms with Crippen LogP contribution < -0.4 is 4.74 Å². The molecular weight excluding hydrogens is 457 g/mol. The van der Waals surface area contributed by atoms with Gasteiger partial charge in [0.1, 0.15) is 5.75 Å². The molecular formula is C15H11BrClF3N4O3. The second-order valence-corrected chi connectivity index (χ2v) is 6.84. The van der Waals surface area contributed by atoms with Crippen molar-refractivity contribution in [1.82, 2.24) is 14.8 Å². The average molecular weight is 468 g/mol. The molecule has 1 atom stereocenters. The van der Waals surface area contributed by atoms with Gasteiger partial charge in [-0.05, 0) is 24.3 Å². The number of hydrogen-bond acceptors (Lipinski definition) is 5. The molecule has 0 aliphatic carbocycles. The van der Waals surface area contributed by atoms with E-state index in [-0.39, 0.29) is 17.4 Å². The number of hydrazone groups is 1. The molecule has 7 nitrogen and oxygen atoms in total. The number of halogens is 5. The molecule has 0 saturated carbocycles. The van der Waals surface area contributed by atoms with Gasteiger partial charge in [-0.3, -0.25) is 4.79 Å². The van der Waals surface area contributed by atoms with Crippen molar-refractivity contribution in [3.8, 4) is 5.75 Å². The van der Waals surface area contributed by atoms with Crippen LogP contribution in [0.1, 0.15) is 16.9 Å². The first-order valence-electron chi connectivity index (χ1n) is 7.39. The van der Waals surface area contributed by atoms with Gasteiger partial charge in [0, 0.05) is 23.3 Å². The highest BCUT2D eigenvalue weighted by Crippen LogP contribution is 2.39. The Hall–Kier alpha value is -2.11. The van der Waals surface area contributed by atoms with E-state index in [1.54, 1.807) is 18.2 Å². The number of hydrogen-bond donors (Lipinski definition) is 1. The SMILES string of the molecule is O=C(c1ccn(COc2ccc(Br)cc2Cl)n1)N1N=CC[C@]1(O)C(F)(F)F. The second kappa shape index (κ2) is 7.13. The van der Waals surface area contributed by atoms with E-state index in [1.165, 1.54) is 16.9 Å². The highest BCUT2D eigenvalue weighted by atomic mass is 79.9. The lowest BCUT2D eigenvalue weighted by atomic mass is 10.1. The fraction of sp³-hybridized carbons (Fsp3) is 0.267. The molecule has 1 aromatic carbocycles. The number of carbonyl (C=O) groups excluding carboxylic acids is 1. The molecule has 27 heavy (non-hydrogen) atoms. The van der Waals surface area contributed by atoms with E-state index in [0.717, 1.165) is 10.7 Å². The molecule has 0 unspecified atom stereocenters. The lowest BCUT2D eigenvalue weighted by Gasteiger charge is -2.32. The van der Waals surface area contributed by atoms with Gasteiger partial charge in [-0.2, -0.15) is 28.4 Å². The van der Waals surface area contributed by atoms with Gasteiger partial charge in [0.05, 0.1) is 5.02 Å². The molecule has 12 heteroatoms. The third-order valence-corrected chi connectivity index (χ3v) is 4.46. The summed E-state index contributed by atoms with van der Waals surface area (Å²) in [6.45, 7) is -0.137. The van der Waals surface area contributed by atoms with Gasteiger partial charge in [0.15, 0.2) is 12.4 Å². The number of carbonyl (C=O) groups is 1. The predicted molar refractivity (Wildman–Crippen MR) is 92.3 cm³/mol. The molecule has 1 aliphatic rings. The number of aromatic nitrogens is 2. The summed E-state index contributed by atoms with van der Waals surface area (Å²) in [6, 6.07) is 6.14. The van der Waals surface area contributed by atoms with Gasteiger partial charge in [-0.25, -0.2) is 4.68 Å². The van der Waals surface area contributed by atoms with Crippen LogP contribution in [0.5, 0.6) is 5.75 Å². The molecule has 1 N–H and O–H groups in total. The lowest BCUT2D eigenvalue weighted by Crippen LogP contribution is -2.56. The topological polar surface area (TPSA) is 80.0 Å². The summed E-state index contributed by atoms with van der Waals surface area (Å²) >= 11 is 9.27. The average Bonchev–Trinajstić information content (AvgIpc) is 3.20. The zero-order chi connectivity index (χ0) is 19.8. The van der Waals surface area contributed by atoms with Gasteiger partial charge in [0.25, 0.3) is 11.6 Å². The third kappa shape index (κ3) is 3.80. The summed E-state index contributed by atoms with van der Waals surface area (Å²) in [4.78, 5) is 12.3. The van der Waals surface area contributed by atoms with Gasteiger partial charge >= 0.3 is 6.18 Å². The van der Waals surface area contributed by atoms with Gasteiger partial charge in [-0.15, -0.1) is 0 Å². The number of ether oxygens (including phenoxy) is 1. The maximum Gasteiger partial charge on any atom is 0.438 e. The van der Waals surface area contributed by atoms with Crippen molar-refractivity contribution in [1.29, 1.82) is 0 Å². The van der Waals surface area contributed by atoms with E-state index in [0.29, 0.717) is 10.8 Å². The molecule has 0 bridgehead atoms. The zero-order valence-electron chi connectivity index (χ0n) is 13.3. The van der Waals surface area contributed by atoms with E-state index < -0.39 is 24.2 Å². The summed E-state index contributed by atoms with van der Waals surface area (Å²) < 4.78 is 46.6. The van der Waals surface area contributed by atoms with Crippen molar-refractivity contribution in [3.05, 3.63) is 45.7 Å². The summed E-state index contributed by atoms with van der Waals surface area (Å²) in [5, 5.41) is 17.3. The fourth-order valence-electron chi connectivity index (χ4n) is 2.27.